The van der Waals surface area contributed by atoms with Crippen molar-refractivity contribution in [1.29, 1.82) is 0 Å². The van der Waals surface area contributed by atoms with Gasteiger partial charge in [0, 0.05) is 39.9 Å². The summed E-state index contributed by atoms with van der Waals surface area (Å²) in [6.07, 6.45) is -2.33. The van der Waals surface area contributed by atoms with Gasteiger partial charge in [-0.3, -0.25) is 9.59 Å². The van der Waals surface area contributed by atoms with Gasteiger partial charge in [-0.25, -0.2) is 18.3 Å². The first kappa shape index (κ1) is 26.6. The summed E-state index contributed by atoms with van der Waals surface area (Å²) in [5, 5.41) is 7.02. The second-order valence-corrected chi connectivity index (χ2v) is 9.88. The fraction of sp³-hybridized carbons (Fsp3) is 0.103. The molecule has 1 aliphatic heterocycles. The maximum atomic E-state index is 14.2. The Morgan fingerprint density at radius 1 is 0.976 bits per heavy atom. The number of benzene rings is 3. The van der Waals surface area contributed by atoms with Crippen LogP contribution in [0.2, 0.25) is 5.02 Å². The molecule has 0 aliphatic carbocycles. The summed E-state index contributed by atoms with van der Waals surface area (Å²) < 4.78 is 69.8. The number of hydrogen-bond donors (Lipinski definition) is 1. The maximum Gasteiger partial charge on any atom is 0.416 e. The first-order valence-corrected chi connectivity index (χ1v) is 12.5. The SMILES string of the molecule is O=C(Cc1cc(-c2ccc3ncnn3c2)cc2c1C(c1cc(F)ccc1Cl)NC2=O)c1cc(F)cc(C(F)(F)F)c1. The zero-order chi connectivity index (χ0) is 29.1. The second-order valence-electron chi connectivity index (χ2n) is 9.48. The second kappa shape index (κ2) is 9.77. The Hall–Kier alpha value is -4.64. The lowest BCUT2D eigenvalue weighted by Crippen LogP contribution is -2.20. The van der Waals surface area contributed by atoms with Crippen molar-refractivity contribution >= 4 is 28.9 Å². The summed E-state index contributed by atoms with van der Waals surface area (Å²) in [5.74, 6) is -3.16. The summed E-state index contributed by atoms with van der Waals surface area (Å²) in [4.78, 5) is 30.6. The van der Waals surface area contributed by atoms with Gasteiger partial charge in [0.05, 0.1) is 11.6 Å². The zero-order valence-corrected chi connectivity index (χ0v) is 21.4. The normalized spacial score (nSPS) is 14.8. The third kappa shape index (κ3) is 4.93. The molecular formula is C29H16ClF5N4O2. The van der Waals surface area contributed by atoms with Gasteiger partial charge in [0.25, 0.3) is 5.91 Å². The molecule has 6 rings (SSSR count). The minimum absolute atomic E-state index is 0.155. The van der Waals surface area contributed by atoms with Gasteiger partial charge < -0.3 is 5.32 Å². The number of carbonyl (C=O) groups is 2. The fourth-order valence-corrected chi connectivity index (χ4v) is 5.21. The number of hydrogen-bond acceptors (Lipinski definition) is 4. The van der Waals surface area contributed by atoms with Crippen LogP contribution in [0.5, 0.6) is 0 Å². The lowest BCUT2D eigenvalue weighted by molar-refractivity contribution is -0.137. The van der Waals surface area contributed by atoms with Crippen LogP contribution in [0.4, 0.5) is 22.0 Å². The largest absolute Gasteiger partial charge is 0.416 e. The molecule has 1 unspecified atom stereocenters. The number of amides is 1. The number of carbonyl (C=O) groups excluding carboxylic acids is 2. The molecule has 5 aromatic rings. The number of Topliss-reactive ketones (excluding diaryl/α,β-unsaturated/α-hetero) is 1. The highest BCUT2D eigenvalue weighted by atomic mass is 35.5. The average Bonchev–Trinajstić information content (AvgIpc) is 3.53. The minimum Gasteiger partial charge on any atom is -0.341 e. The summed E-state index contributed by atoms with van der Waals surface area (Å²) in [7, 11) is 0. The van der Waals surface area contributed by atoms with E-state index in [-0.39, 0.29) is 21.7 Å². The van der Waals surface area contributed by atoms with E-state index in [0.29, 0.717) is 34.5 Å². The van der Waals surface area contributed by atoms with Crippen LogP contribution < -0.4 is 5.32 Å². The van der Waals surface area contributed by atoms with Gasteiger partial charge in [-0.2, -0.15) is 18.3 Å². The predicted octanol–water partition coefficient (Wildman–Crippen LogP) is 6.60. The number of fused-ring (bicyclic) bond motifs is 2. The molecule has 3 heterocycles. The van der Waals surface area contributed by atoms with Crippen LogP contribution in [-0.4, -0.2) is 26.3 Å². The molecule has 0 spiro atoms. The molecule has 0 saturated carbocycles. The molecule has 3 aromatic carbocycles. The Labute approximate surface area is 233 Å². The van der Waals surface area contributed by atoms with Gasteiger partial charge in [0.1, 0.15) is 18.0 Å². The highest BCUT2D eigenvalue weighted by Crippen LogP contribution is 2.40. The highest BCUT2D eigenvalue weighted by Gasteiger charge is 2.36. The summed E-state index contributed by atoms with van der Waals surface area (Å²) >= 11 is 6.35. The lowest BCUT2D eigenvalue weighted by atomic mass is 9.87. The first-order valence-electron chi connectivity index (χ1n) is 12.1. The van der Waals surface area contributed by atoms with Crippen molar-refractivity contribution < 1.29 is 31.5 Å². The molecule has 0 fully saturated rings. The molecule has 0 saturated heterocycles. The van der Waals surface area contributed by atoms with Gasteiger partial charge in [-0.05, 0) is 71.3 Å². The lowest BCUT2D eigenvalue weighted by Gasteiger charge is -2.18. The van der Waals surface area contributed by atoms with E-state index in [9.17, 15) is 31.5 Å². The molecule has 1 aliphatic rings. The Balaban J connectivity index is 1.51. The van der Waals surface area contributed by atoms with Crippen molar-refractivity contribution in [2.45, 2.75) is 18.6 Å². The van der Waals surface area contributed by atoms with Crippen LogP contribution >= 0.6 is 11.6 Å². The van der Waals surface area contributed by atoms with Crippen LogP contribution in [-0.2, 0) is 12.6 Å². The standard InChI is InChI=1S/C29H16ClF5N4O2/c30-23-3-2-19(31)11-21(23)27-26-17(9-24(40)16-6-18(29(33,34)35)10-20(32)7-16)5-15(8-22(26)28(41)38-27)14-1-4-25-36-13-37-39(25)12-14/h1-8,10-13,27H,9H2,(H,38,41). The van der Waals surface area contributed by atoms with Gasteiger partial charge in [0.2, 0.25) is 0 Å². The summed E-state index contributed by atoms with van der Waals surface area (Å²) in [6.45, 7) is 0. The number of nitrogens with one attached hydrogen (secondary N) is 1. The molecule has 12 heteroatoms. The average molecular weight is 583 g/mol. The van der Waals surface area contributed by atoms with Crippen molar-refractivity contribution in [3.63, 3.8) is 0 Å². The molecule has 1 N–H and O–H groups in total. The van der Waals surface area contributed by atoms with Gasteiger partial charge in [0.15, 0.2) is 11.4 Å². The van der Waals surface area contributed by atoms with Gasteiger partial charge in [-0.1, -0.05) is 17.7 Å². The Morgan fingerprint density at radius 2 is 1.78 bits per heavy atom. The smallest absolute Gasteiger partial charge is 0.341 e. The van der Waals surface area contributed by atoms with E-state index in [0.717, 1.165) is 18.2 Å². The van der Waals surface area contributed by atoms with Crippen molar-refractivity contribution in [2.75, 3.05) is 0 Å². The topological polar surface area (TPSA) is 76.4 Å². The molecule has 1 atom stereocenters. The number of nitrogens with zero attached hydrogens (tertiary/aromatic N) is 3. The Morgan fingerprint density at radius 3 is 2.56 bits per heavy atom. The molecule has 6 nitrogen and oxygen atoms in total. The maximum absolute atomic E-state index is 14.2. The third-order valence-electron chi connectivity index (χ3n) is 6.85. The van der Waals surface area contributed by atoms with E-state index in [1.807, 2.05) is 0 Å². The van der Waals surface area contributed by atoms with E-state index in [1.165, 1.54) is 16.9 Å². The summed E-state index contributed by atoms with van der Waals surface area (Å²) in [6, 6.07) is 10.9. The predicted molar refractivity (Wildman–Crippen MR) is 139 cm³/mol. The van der Waals surface area contributed by atoms with Crippen molar-refractivity contribution in [2.24, 2.45) is 0 Å². The zero-order valence-electron chi connectivity index (χ0n) is 20.6. The first-order chi connectivity index (χ1) is 19.5. The molecule has 41 heavy (non-hydrogen) atoms. The van der Waals surface area contributed by atoms with Crippen LogP contribution in [0.15, 0.2) is 73.2 Å². The Kier molecular flexibility index (Phi) is 6.33. The summed E-state index contributed by atoms with van der Waals surface area (Å²) in [5.41, 5.74) is 0.858. The molecule has 2 aromatic heterocycles. The van der Waals surface area contributed by atoms with Crippen molar-refractivity contribution in [3.8, 4) is 11.1 Å². The number of pyridine rings is 1. The number of ketones is 1. The van der Waals surface area contributed by atoms with Crippen LogP contribution in [0.3, 0.4) is 0 Å². The molecule has 0 bridgehead atoms. The highest BCUT2D eigenvalue weighted by molar-refractivity contribution is 6.31. The number of rotatable bonds is 5. The van der Waals surface area contributed by atoms with Gasteiger partial charge >= 0.3 is 6.18 Å². The molecule has 1 amide bonds. The van der Waals surface area contributed by atoms with Crippen LogP contribution in [0.25, 0.3) is 16.8 Å². The van der Waals surface area contributed by atoms with Crippen LogP contribution in [0, 0.1) is 11.6 Å². The number of halogens is 6. The molecule has 206 valence electrons. The number of alkyl halides is 3. The minimum atomic E-state index is -4.87. The quantitative estimate of drug-likeness (QED) is 0.187. The van der Waals surface area contributed by atoms with Crippen molar-refractivity contribution in [1.82, 2.24) is 19.9 Å². The van der Waals surface area contributed by atoms with Crippen molar-refractivity contribution in [3.05, 3.63) is 123 Å². The van der Waals surface area contributed by atoms with Gasteiger partial charge in [-0.15, -0.1) is 0 Å². The molecular weight excluding hydrogens is 567 g/mol. The molecule has 0 radical (unpaired) electrons. The van der Waals surface area contributed by atoms with E-state index >= 15 is 0 Å². The Bertz CT molecular complexity index is 1890. The van der Waals surface area contributed by atoms with E-state index in [2.05, 4.69) is 15.4 Å². The monoisotopic (exact) mass is 582 g/mol. The number of aromatic nitrogens is 3. The third-order valence-corrected chi connectivity index (χ3v) is 7.19. The van der Waals surface area contributed by atoms with E-state index in [1.54, 1.807) is 30.5 Å². The van der Waals surface area contributed by atoms with E-state index < -0.39 is 53.1 Å². The van der Waals surface area contributed by atoms with Crippen LogP contribution in [0.1, 0.15) is 49.0 Å². The fourth-order valence-electron chi connectivity index (χ4n) is 4.98. The van der Waals surface area contributed by atoms with E-state index in [4.69, 9.17) is 11.6 Å².